The molecule has 214 valence electrons. The Kier molecular flexibility index (Phi) is 7.82. The number of halogens is 2. The van der Waals surface area contributed by atoms with E-state index in [4.69, 9.17) is 4.74 Å². The average molecular weight is 561 g/mol. The number of piperazine rings is 1. The van der Waals surface area contributed by atoms with E-state index in [0.29, 0.717) is 24.2 Å². The van der Waals surface area contributed by atoms with Gasteiger partial charge in [0.05, 0.1) is 12.7 Å². The summed E-state index contributed by atoms with van der Waals surface area (Å²) in [5, 5.41) is 9.97. The predicted octanol–water partition coefficient (Wildman–Crippen LogP) is 3.97. The van der Waals surface area contributed by atoms with Crippen molar-refractivity contribution in [2.45, 2.75) is 38.6 Å². The van der Waals surface area contributed by atoms with Crippen molar-refractivity contribution in [1.29, 1.82) is 0 Å². The SMILES string of the molecule is COc1ccc(CNC(=O)c2c3ncnn(N4CCN(CCc5ccc(F)c(F)c5)CC4)c-3c3c2CCCC3)cc1. The van der Waals surface area contributed by atoms with E-state index < -0.39 is 11.6 Å². The van der Waals surface area contributed by atoms with E-state index in [1.54, 1.807) is 19.5 Å². The smallest absolute Gasteiger partial charge is 0.254 e. The Hall–Kier alpha value is -4.05. The molecule has 0 spiro atoms. The second-order valence-electron chi connectivity index (χ2n) is 10.7. The van der Waals surface area contributed by atoms with Crippen molar-refractivity contribution in [1.82, 2.24) is 25.1 Å². The molecule has 2 aliphatic heterocycles. The topological polar surface area (TPSA) is 75.5 Å². The number of nitrogens with zero attached hydrogens (tertiary/aromatic N) is 5. The highest BCUT2D eigenvalue weighted by atomic mass is 19.2. The third-order valence-electron chi connectivity index (χ3n) is 8.22. The monoisotopic (exact) mass is 560 g/mol. The van der Waals surface area contributed by atoms with Crippen LogP contribution in [0.3, 0.4) is 0 Å². The van der Waals surface area contributed by atoms with Crippen LogP contribution in [-0.2, 0) is 25.8 Å². The quantitative estimate of drug-likeness (QED) is 0.352. The van der Waals surface area contributed by atoms with Gasteiger partial charge >= 0.3 is 0 Å². The summed E-state index contributed by atoms with van der Waals surface area (Å²) in [6, 6.07) is 11.8. The van der Waals surface area contributed by atoms with Crippen molar-refractivity contribution < 1.29 is 18.3 Å². The van der Waals surface area contributed by atoms with Gasteiger partial charge in [0.15, 0.2) is 11.6 Å². The van der Waals surface area contributed by atoms with Gasteiger partial charge in [0.25, 0.3) is 5.91 Å². The Morgan fingerprint density at radius 3 is 2.41 bits per heavy atom. The van der Waals surface area contributed by atoms with Gasteiger partial charge in [0, 0.05) is 39.3 Å². The van der Waals surface area contributed by atoms with E-state index in [-0.39, 0.29) is 5.91 Å². The molecule has 8 nitrogen and oxygen atoms in total. The molecule has 0 radical (unpaired) electrons. The van der Waals surface area contributed by atoms with Gasteiger partial charge in [-0.3, -0.25) is 14.7 Å². The molecule has 0 aromatic heterocycles. The third-order valence-corrected chi connectivity index (χ3v) is 8.22. The number of benzene rings is 2. The second-order valence-corrected chi connectivity index (χ2v) is 10.7. The molecule has 1 amide bonds. The minimum atomic E-state index is -0.817. The zero-order valence-electron chi connectivity index (χ0n) is 23.2. The molecule has 0 unspecified atom stereocenters. The first-order valence-corrected chi connectivity index (χ1v) is 14.2. The number of carbonyl (C=O) groups excluding carboxylic acids is 1. The van der Waals surface area contributed by atoms with Crippen LogP contribution < -0.4 is 15.1 Å². The first-order valence-electron chi connectivity index (χ1n) is 14.2. The third kappa shape index (κ3) is 5.61. The van der Waals surface area contributed by atoms with Crippen LogP contribution in [0.15, 0.2) is 48.8 Å². The van der Waals surface area contributed by atoms with Crippen LogP contribution in [0.25, 0.3) is 11.4 Å². The Balaban J connectivity index is 1.16. The summed E-state index contributed by atoms with van der Waals surface area (Å²) in [6.45, 7) is 4.34. The number of amides is 1. The van der Waals surface area contributed by atoms with Gasteiger partial charge in [-0.15, -0.1) is 5.10 Å². The number of nitrogens with one attached hydrogen (secondary N) is 1. The number of aromatic nitrogens is 3. The van der Waals surface area contributed by atoms with E-state index in [0.717, 1.165) is 86.5 Å². The van der Waals surface area contributed by atoms with Crippen molar-refractivity contribution >= 4 is 5.91 Å². The molecule has 41 heavy (non-hydrogen) atoms. The summed E-state index contributed by atoms with van der Waals surface area (Å²) >= 11 is 0. The molecule has 2 aliphatic carbocycles. The Labute approximate surface area is 238 Å². The summed E-state index contributed by atoms with van der Waals surface area (Å²) < 4.78 is 32.1. The van der Waals surface area contributed by atoms with Crippen LogP contribution in [0.2, 0.25) is 0 Å². The van der Waals surface area contributed by atoms with Gasteiger partial charge in [-0.2, -0.15) is 4.79 Å². The van der Waals surface area contributed by atoms with Crippen LogP contribution in [-0.4, -0.2) is 65.5 Å². The predicted molar refractivity (Wildman–Crippen MR) is 152 cm³/mol. The minimum Gasteiger partial charge on any atom is -0.497 e. The minimum absolute atomic E-state index is 0.110. The molecule has 2 heterocycles. The fourth-order valence-corrected chi connectivity index (χ4v) is 5.98. The summed E-state index contributed by atoms with van der Waals surface area (Å²) in [7, 11) is 1.63. The molecule has 2 aromatic carbocycles. The van der Waals surface area contributed by atoms with Crippen molar-refractivity contribution in [3.05, 3.63) is 88.2 Å². The normalized spacial score (nSPS) is 15.6. The van der Waals surface area contributed by atoms with Crippen molar-refractivity contribution in [2.75, 3.05) is 44.8 Å². The van der Waals surface area contributed by atoms with Crippen molar-refractivity contribution in [3.8, 4) is 17.1 Å². The molecule has 6 rings (SSSR count). The Bertz CT molecular complexity index is 1500. The van der Waals surface area contributed by atoms with Gasteiger partial charge in [0.1, 0.15) is 23.5 Å². The number of hydrogen-bond acceptors (Lipinski definition) is 6. The molecule has 1 saturated heterocycles. The van der Waals surface area contributed by atoms with Gasteiger partial charge < -0.3 is 10.1 Å². The molecule has 0 saturated carbocycles. The molecule has 4 aliphatic rings. The molecule has 0 atom stereocenters. The van der Waals surface area contributed by atoms with Crippen LogP contribution in [0.5, 0.6) is 5.75 Å². The lowest BCUT2D eigenvalue weighted by Gasteiger charge is -2.37. The van der Waals surface area contributed by atoms with Crippen LogP contribution in [0.1, 0.15) is 45.5 Å². The molecular weight excluding hydrogens is 526 g/mol. The number of hydrogen-bond donors (Lipinski definition) is 1. The van der Waals surface area contributed by atoms with Crippen molar-refractivity contribution in [3.63, 3.8) is 0 Å². The fourth-order valence-electron chi connectivity index (χ4n) is 5.98. The first-order chi connectivity index (χ1) is 20.0. The lowest BCUT2D eigenvalue weighted by atomic mass is 9.93. The van der Waals surface area contributed by atoms with E-state index in [1.165, 1.54) is 17.7 Å². The van der Waals surface area contributed by atoms with Crippen LogP contribution in [0, 0.1) is 11.6 Å². The van der Waals surface area contributed by atoms with E-state index in [2.05, 4.69) is 25.3 Å². The standard InChI is InChI=1S/C31H34F2N6O2/c1-41-23-9-6-22(7-10-23)19-34-31(40)28-24-4-2-3-5-25(24)30-29(28)35-20-36-39(30)38-16-14-37(15-17-38)13-12-21-8-11-26(32)27(33)18-21/h6-11,18,20H,2-5,12-17,19H2,1H3,(H,34,40). The lowest BCUT2D eigenvalue weighted by molar-refractivity contribution is 0.0950. The zero-order valence-corrected chi connectivity index (χ0v) is 23.2. The van der Waals surface area contributed by atoms with Crippen LogP contribution >= 0.6 is 0 Å². The number of fused-ring (bicyclic) bond motifs is 3. The van der Waals surface area contributed by atoms with Gasteiger partial charge in [-0.1, -0.05) is 18.2 Å². The summed E-state index contributed by atoms with van der Waals surface area (Å²) in [5.41, 5.74) is 6.38. The molecule has 10 heteroatoms. The van der Waals surface area contributed by atoms with Gasteiger partial charge in [0.2, 0.25) is 0 Å². The summed E-state index contributed by atoms with van der Waals surface area (Å²) in [4.78, 5) is 22.5. The highest BCUT2D eigenvalue weighted by Gasteiger charge is 2.34. The summed E-state index contributed by atoms with van der Waals surface area (Å²) in [5.74, 6) is -0.950. The van der Waals surface area contributed by atoms with Gasteiger partial charge in [-0.05, 0) is 78.6 Å². The number of methoxy groups -OCH3 is 1. The molecule has 1 fully saturated rings. The fraction of sp³-hybridized carbons (Fsp3) is 0.387. The highest BCUT2D eigenvalue weighted by molar-refractivity contribution is 6.03. The largest absolute Gasteiger partial charge is 0.497 e. The highest BCUT2D eigenvalue weighted by Crippen LogP contribution is 2.39. The maximum atomic E-state index is 13.6. The average Bonchev–Trinajstić information content (AvgIpc) is 3.36. The lowest BCUT2D eigenvalue weighted by Crippen LogP contribution is -2.52. The van der Waals surface area contributed by atoms with E-state index in [9.17, 15) is 13.6 Å². The molecule has 2 aromatic rings. The van der Waals surface area contributed by atoms with E-state index >= 15 is 0 Å². The molecular formula is C31H34F2N6O2. The van der Waals surface area contributed by atoms with Crippen molar-refractivity contribution in [2.24, 2.45) is 0 Å². The van der Waals surface area contributed by atoms with E-state index in [1.807, 2.05) is 29.1 Å². The Morgan fingerprint density at radius 2 is 1.68 bits per heavy atom. The zero-order chi connectivity index (χ0) is 28.3. The summed E-state index contributed by atoms with van der Waals surface area (Å²) in [6.07, 6.45) is 6.09. The molecule has 0 bridgehead atoms. The first kappa shape index (κ1) is 27.1. The number of carbonyl (C=O) groups is 1. The van der Waals surface area contributed by atoms with Crippen LogP contribution in [0.4, 0.5) is 8.78 Å². The maximum absolute atomic E-state index is 13.6. The number of rotatable bonds is 8. The second kappa shape index (κ2) is 11.8. The number of ether oxygens (including phenoxy) is 1. The maximum Gasteiger partial charge on any atom is 0.254 e. The van der Waals surface area contributed by atoms with Gasteiger partial charge in [-0.25, -0.2) is 13.8 Å². The Morgan fingerprint density at radius 1 is 0.951 bits per heavy atom. The molecule has 1 N–H and O–H groups in total.